The Labute approximate surface area is 125 Å². The van der Waals surface area contributed by atoms with Gasteiger partial charge in [-0.15, -0.1) is 0 Å². The van der Waals surface area contributed by atoms with Crippen molar-refractivity contribution in [2.45, 2.75) is 6.18 Å². The SMILES string of the molecule is O=C(O)C(=O)Nc1oc(C(F)(F)F)nc1-c1ccc(Cl)cc1. The van der Waals surface area contributed by atoms with Gasteiger partial charge in [0.05, 0.1) is 0 Å². The van der Waals surface area contributed by atoms with E-state index in [2.05, 4.69) is 9.40 Å². The molecule has 1 amide bonds. The summed E-state index contributed by atoms with van der Waals surface area (Å²) in [5, 5.41) is 10.5. The molecule has 6 nitrogen and oxygen atoms in total. The second-order valence-electron chi connectivity index (χ2n) is 3.96. The number of halogens is 4. The van der Waals surface area contributed by atoms with Crippen LogP contribution in [0.3, 0.4) is 0 Å². The van der Waals surface area contributed by atoms with E-state index in [-0.39, 0.29) is 11.3 Å². The molecule has 2 aromatic rings. The Morgan fingerprint density at radius 3 is 2.32 bits per heavy atom. The number of oxazole rings is 1. The van der Waals surface area contributed by atoms with E-state index in [1.54, 1.807) is 5.32 Å². The van der Waals surface area contributed by atoms with Crippen molar-refractivity contribution in [1.82, 2.24) is 4.98 Å². The van der Waals surface area contributed by atoms with Gasteiger partial charge in [-0.05, 0) is 12.1 Å². The minimum atomic E-state index is -4.90. The normalized spacial score (nSPS) is 11.3. The van der Waals surface area contributed by atoms with E-state index < -0.39 is 29.8 Å². The first-order valence-corrected chi connectivity index (χ1v) is 5.94. The van der Waals surface area contributed by atoms with Gasteiger partial charge in [-0.2, -0.15) is 13.2 Å². The number of carboxylic acid groups (broad SMARTS) is 1. The first-order chi connectivity index (χ1) is 10.2. The standard InChI is InChI=1S/C12H6ClF3N2O4/c13-6-3-1-5(2-4-6)7-9(18-8(19)10(20)21)22-11(17-7)12(14,15)16/h1-4H,(H,18,19)(H,20,21). The zero-order valence-corrected chi connectivity index (χ0v) is 11.2. The number of aliphatic carboxylic acids is 1. The number of anilines is 1. The fourth-order valence-corrected chi connectivity index (χ4v) is 1.61. The molecule has 22 heavy (non-hydrogen) atoms. The van der Waals surface area contributed by atoms with Crippen LogP contribution in [0.25, 0.3) is 11.3 Å². The Kier molecular flexibility index (Phi) is 4.09. The Hall–Kier alpha value is -2.55. The van der Waals surface area contributed by atoms with Crippen LogP contribution in [-0.2, 0) is 15.8 Å². The molecule has 0 spiro atoms. The Morgan fingerprint density at radius 2 is 1.82 bits per heavy atom. The maximum absolute atomic E-state index is 12.7. The highest BCUT2D eigenvalue weighted by Crippen LogP contribution is 2.36. The van der Waals surface area contributed by atoms with Gasteiger partial charge in [0.2, 0.25) is 5.88 Å². The van der Waals surface area contributed by atoms with Crippen molar-refractivity contribution in [3.8, 4) is 11.3 Å². The molecule has 0 unspecified atom stereocenters. The number of hydrogen-bond donors (Lipinski definition) is 2. The van der Waals surface area contributed by atoms with E-state index in [1.807, 2.05) is 0 Å². The lowest BCUT2D eigenvalue weighted by atomic mass is 10.1. The molecule has 0 atom stereocenters. The Bertz CT molecular complexity index is 725. The molecule has 10 heteroatoms. The summed E-state index contributed by atoms with van der Waals surface area (Å²) in [7, 11) is 0. The number of carbonyl (C=O) groups is 2. The summed E-state index contributed by atoms with van der Waals surface area (Å²) >= 11 is 5.67. The van der Waals surface area contributed by atoms with Gasteiger partial charge < -0.3 is 9.52 Å². The lowest BCUT2D eigenvalue weighted by molar-refractivity contribution is -0.156. The predicted octanol–water partition coefficient (Wildman–Crippen LogP) is 3.04. The molecule has 0 fully saturated rings. The molecule has 0 aliphatic carbocycles. The maximum Gasteiger partial charge on any atom is 0.469 e. The highest BCUT2D eigenvalue weighted by Gasteiger charge is 2.39. The van der Waals surface area contributed by atoms with Gasteiger partial charge in [0.1, 0.15) is 5.69 Å². The number of benzene rings is 1. The fraction of sp³-hybridized carbons (Fsp3) is 0.0833. The first kappa shape index (κ1) is 15.8. The number of amides is 1. The number of alkyl halides is 3. The van der Waals surface area contributed by atoms with Gasteiger partial charge in [-0.1, -0.05) is 23.7 Å². The average Bonchev–Trinajstić information content (AvgIpc) is 2.83. The minimum absolute atomic E-state index is 0.157. The molecule has 0 aliphatic heterocycles. The molecule has 0 radical (unpaired) electrons. The number of hydrogen-bond acceptors (Lipinski definition) is 4. The third-order valence-electron chi connectivity index (χ3n) is 2.41. The van der Waals surface area contributed by atoms with Gasteiger partial charge in [0.25, 0.3) is 0 Å². The molecule has 0 saturated heterocycles. The molecule has 2 N–H and O–H groups in total. The zero-order valence-electron chi connectivity index (χ0n) is 10.4. The first-order valence-electron chi connectivity index (χ1n) is 5.56. The summed E-state index contributed by atoms with van der Waals surface area (Å²) in [5.41, 5.74) is -0.206. The Morgan fingerprint density at radius 1 is 1.23 bits per heavy atom. The summed E-state index contributed by atoms with van der Waals surface area (Å²) < 4.78 is 42.4. The van der Waals surface area contributed by atoms with Crippen molar-refractivity contribution in [2.24, 2.45) is 0 Å². The maximum atomic E-state index is 12.7. The van der Waals surface area contributed by atoms with Gasteiger partial charge in [0, 0.05) is 10.6 Å². The molecule has 116 valence electrons. The molecule has 1 aromatic heterocycles. The van der Waals surface area contributed by atoms with Gasteiger partial charge in [-0.3, -0.25) is 10.1 Å². The summed E-state index contributed by atoms with van der Waals surface area (Å²) in [6.07, 6.45) is -4.90. The van der Waals surface area contributed by atoms with Crippen molar-refractivity contribution in [3.63, 3.8) is 0 Å². The van der Waals surface area contributed by atoms with Crippen molar-refractivity contribution < 1.29 is 32.3 Å². The smallest absolute Gasteiger partial charge is 0.469 e. The second-order valence-corrected chi connectivity index (χ2v) is 4.40. The van der Waals surface area contributed by atoms with Crippen LogP contribution in [0.1, 0.15) is 5.89 Å². The van der Waals surface area contributed by atoms with E-state index in [4.69, 9.17) is 16.7 Å². The molecular weight excluding hydrogens is 329 g/mol. The van der Waals surface area contributed by atoms with Crippen molar-refractivity contribution in [2.75, 3.05) is 5.32 Å². The van der Waals surface area contributed by atoms with Crippen LogP contribution in [0.4, 0.5) is 19.1 Å². The molecule has 0 bridgehead atoms. The van der Waals surface area contributed by atoms with Crippen LogP contribution < -0.4 is 5.32 Å². The number of rotatable bonds is 2. The van der Waals surface area contributed by atoms with Crippen molar-refractivity contribution >= 4 is 29.4 Å². The molecular formula is C12H6ClF3N2O4. The van der Waals surface area contributed by atoms with E-state index in [9.17, 15) is 22.8 Å². The Balaban J connectivity index is 2.50. The third-order valence-corrected chi connectivity index (χ3v) is 2.66. The zero-order chi connectivity index (χ0) is 16.5. The van der Waals surface area contributed by atoms with Crippen LogP contribution in [0.2, 0.25) is 5.02 Å². The summed E-state index contributed by atoms with van der Waals surface area (Å²) in [6.45, 7) is 0. The predicted molar refractivity (Wildman–Crippen MR) is 68.2 cm³/mol. The average molecular weight is 335 g/mol. The number of carboxylic acids is 1. The van der Waals surface area contributed by atoms with E-state index in [0.717, 1.165) is 0 Å². The van der Waals surface area contributed by atoms with Crippen molar-refractivity contribution in [1.29, 1.82) is 0 Å². The molecule has 0 aliphatic rings. The lowest BCUT2D eigenvalue weighted by Crippen LogP contribution is -2.21. The van der Waals surface area contributed by atoms with Crippen LogP contribution in [0.5, 0.6) is 0 Å². The number of nitrogens with zero attached hydrogens (tertiary/aromatic N) is 1. The van der Waals surface area contributed by atoms with Gasteiger partial charge in [0.15, 0.2) is 0 Å². The number of nitrogens with one attached hydrogen (secondary N) is 1. The fourth-order valence-electron chi connectivity index (χ4n) is 1.49. The van der Waals surface area contributed by atoms with Gasteiger partial charge in [-0.25, -0.2) is 9.78 Å². The van der Waals surface area contributed by atoms with Gasteiger partial charge >= 0.3 is 23.9 Å². The van der Waals surface area contributed by atoms with E-state index in [1.165, 1.54) is 24.3 Å². The number of aromatic nitrogens is 1. The van der Waals surface area contributed by atoms with Crippen LogP contribution >= 0.6 is 11.6 Å². The van der Waals surface area contributed by atoms with Crippen LogP contribution in [-0.4, -0.2) is 22.0 Å². The number of carbonyl (C=O) groups excluding carboxylic acids is 1. The second kappa shape index (κ2) is 5.68. The topological polar surface area (TPSA) is 92.4 Å². The molecule has 1 aromatic carbocycles. The molecule has 2 rings (SSSR count). The highest BCUT2D eigenvalue weighted by molar-refractivity contribution is 6.36. The summed E-state index contributed by atoms with van der Waals surface area (Å²) in [4.78, 5) is 24.8. The summed E-state index contributed by atoms with van der Waals surface area (Å²) in [5.74, 6) is -5.77. The quantitative estimate of drug-likeness (QED) is 0.823. The molecule has 0 saturated carbocycles. The van der Waals surface area contributed by atoms with Crippen LogP contribution in [0, 0.1) is 0 Å². The summed E-state index contributed by atoms with van der Waals surface area (Å²) in [6, 6.07) is 5.47. The largest absolute Gasteiger partial charge is 0.474 e. The highest BCUT2D eigenvalue weighted by atomic mass is 35.5. The van der Waals surface area contributed by atoms with E-state index in [0.29, 0.717) is 5.02 Å². The lowest BCUT2D eigenvalue weighted by Gasteiger charge is -2.01. The third kappa shape index (κ3) is 3.37. The van der Waals surface area contributed by atoms with E-state index >= 15 is 0 Å². The monoisotopic (exact) mass is 334 g/mol. The van der Waals surface area contributed by atoms with Crippen molar-refractivity contribution in [3.05, 3.63) is 35.2 Å². The minimum Gasteiger partial charge on any atom is -0.474 e. The van der Waals surface area contributed by atoms with Crippen LogP contribution in [0.15, 0.2) is 28.7 Å². The molecule has 1 heterocycles.